The number of hydrogen-bond acceptors (Lipinski definition) is 5. The Morgan fingerprint density at radius 2 is 1.72 bits per heavy atom. The van der Waals surface area contributed by atoms with Crippen LogP contribution in [0.4, 0.5) is 0 Å². The van der Waals surface area contributed by atoms with Gasteiger partial charge in [0.2, 0.25) is 5.91 Å². The molecule has 0 saturated carbocycles. The average Bonchev–Trinajstić information content (AvgIpc) is 3.06. The van der Waals surface area contributed by atoms with Gasteiger partial charge in [-0.15, -0.1) is 0 Å². The number of carbonyl (C=O) groups is 2. The average molecular weight is 512 g/mol. The van der Waals surface area contributed by atoms with Crippen molar-refractivity contribution in [3.63, 3.8) is 0 Å². The van der Waals surface area contributed by atoms with Crippen LogP contribution in [0.5, 0.6) is 0 Å². The molecule has 0 fully saturated rings. The molecule has 36 heavy (non-hydrogen) atoms. The summed E-state index contributed by atoms with van der Waals surface area (Å²) in [5, 5.41) is 2.77. The molecule has 1 aliphatic rings. The van der Waals surface area contributed by atoms with E-state index in [0.29, 0.717) is 36.4 Å². The molecule has 2 aromatic rings. The highest BCUT2D eigenvalue weighted by atomic mass is 32.2. The quantitative estimate of drug-likeness (QED) is 0.389. The van der Waals surface area contributed by atoms with Crippen LogP contribution in [0.3, 0.4) is 0 Å². The zero-order valence-corrected chi connectivity index (χ0v) is 22.8. The fraction of sp³-hybridized carbons (Fsp3) is 0.464. The van der Waals surface area contributed by atoms with Gasteiger partial charge in [0.25, 0.3) is 5.91 Å². The number of aryl methyl sites for hydroxylation is 1. The van der Waals surface area contributed by atoms with Crippen molar-refractivity contribution in [2.45, 2.75) is 76.7 Å². The molecule has 0 saturated heterocycles. The topological polar surface area (TPSA) is 87.1 Å². The maximum absolute atomic E-state index is 13.3. The summed E-state index contributed by atoms with van der Waals surface area (Å²) in [7, 11) is -1.90. The predicted molar refractivity (Wildman–Crippen MR) is 143 cm³/mol. The number of benzene rings is 2. The van der Waals surface area contributed by atoms with Gasteiger partial charge in [-0.1, -0.05) is 61.9 Å². The van der Waals surface area contributed by atoms with E-state index in [4.69, 9.17) is 0 Å². The molecule has 0 unspecified atom stereocenters. The molecule has 7 nitrogen and oxygen atoms in total. The lowest BCUT2D eigenvalue weighted by Crippen LogP contribution is -2.51. The summed E-state index contributed by atoms with van der Waals surface area (Å²) in [6.45, 7) is 7.33. The van der Waals surface area contributed by atoms with E-state index in [2.05, 4.69) is 4.99 Å². The zero-order valence-electron chi connectivity index (χ0n) is 22.0. The van der Waals surface area contributed by atoms with Crippen LogP contribution >= 0.6 is 0 Å². The van der Waals surface area contributed by atoms with E-state index in [1.165, 1.54) is 10.0 Å². The van der Waals surface area contributed by atoms with Gasteiger partial charge in [-0.3, -0.25) is 14.6 Å². The van der Waals surface area contributed by atoms with Gasteiger partial charge < -0.3 is 0 Å². The van der Waals surface area contributed by atoms with Gasteiger partial charge in [-0.05, 0) is 51.2 Å². The van der Waals surface area contributed by atoms with Crippen molar-refractivity contribution in [1.82, 2.24) is 10.0 Å². The first-order valence-electron chi connectivity index (χ1n) is 12.6. The van der Waals surface area contributed by atoms with E-state index in [1.54, 1.807) is 20.9 Å². The largest absolute Gasteiger partial charge is 0.274 e. The summed E-state index contributed by atoms with van der Waals surface area (Å²) in [6, 6.07) is 15.1. The van der Waals surface area contributed by atoms with Crippen molar-refractivity contribution in [2.24, 2.45) is 4.99 Å². The lowest BCUT2D eigenvalue weighted by atomic mass is 10.0. The van der Waals surface area contributed by atoms with Crippen LogP contribution in [0.2, 0.25) is 0 Å². The highest BCUT2D eigenvalue weighted by Gasteiger charge is 2.43. The smallest absolute Gasteiger partial charge is 0.273 e. The molecule has 0 aromatic heterocycles. The van der Waals surface area contributed by atoms with Gasteiger partial charge in [0.05, 0.1) is 10.6 Å². The Balaban J connectivity index is 1.58. The fourth-order valence-electron chi connectivity index (χ4n) is 4.52. The van der Waals surface area contributed by atoms with Crippen molar-refractivity contribution in [1.29, 1.82) is 0 Å². The molecule has 0 aliphatic carbocycles. The summed E-state index contributed by atoms with van der Waals surface area (Å²) in [5.74, 6) is 0.244. The van der Waals surface area contributed by atoms with Crippen molar-refractivity contribution in [2.75, 3.05) is 12.8 Å². The van der Waals surface area contributed by atoms with E-state index in [1.807, 2.05) is 62.4 Å². The van der Waals surface area contributed by atoms with Crippen LogP contribution in [0.25, 0.3) is 11.1 Å². The maximum Gasteiger partial charge on any atom is 0.274 e. The number of nitrogens with zero attached hydrogens (tertiary/aromatic N) is 3. The minimum Gasteiger partial charge on any atom is -0.273 e. The summed E-state index contributed by atoms with van der Waals surface area (Å²) < 4.78 is 26.6. The van der Waals surface area contributed by atoms with Gasteiger partial charge >= 0.3 is 0 Å². The molecule has 0 radical (unpaired) electrons. The second-order valence-corrected chi connectivity index (χ2v) is 11.9. The highest BCUT2D eigenvalue weighted by molar-refractivity contribution is 7.91. The summed E-state index contributed by atoms with van der Waals surface area (Å²) in [6.07, 6.45) is 3.28. The normalized spacial score (nSPS) is 15.2. The van der Waals surface area contributed by atoms with Crippen LogP contribution < -0.4 is 0 Å². The van der Waals surface area contributed by atoms with Crippen LogP contribution in [0.1, 0.15) is 64.9 Å². The second kappa shape index (κ2) is 11.4. The minimum atomic E-state index is -3.50. The van der Waals surface area contributed by atoms with E-state index >= 15 is 0 Å². The number of hydrazine groups is 1. The molecule has 0 atom stereocenters. The van der Waals surface area contributed by atoms with Gasteiger partial charge in [0, 0.05) is 25.5 Å². The monoisotopic (exact) mass is 511 g/mol. The van der Waals surface area contributed by atoms with Gasteiger partial charge in [-0.25, -0.2) is 18.4 Å². The Morgan fingerprint density at radius 1 is 1.03 bits per heavy atom. The summed E-state index contributed by atoms with van der Waals surface area (Å²) >= 11 is 0. The Morgan fingerprint density at radius 3 is 2.39 bits per heavy atom. The summed E-state index contributed by atoms with van der Waals surface area (Å²) in [5.41, 5.74) is 1.45. The van der Waals surface area contributed by atoms with E-state index in [0.717, 1.165) is 23.1 Å². The number of sulfone groups is 1. The number of hydrogen-bond donors (Lipinski definition) is 0. The number of carbonyl (C=O) groups excluding carboxylic acids is 2. The molecule has 194 valence electrons. The van der Waals surface area contributed by atoms with Crippen LogP contribution in [-0.2, 0) is 19.4 Å². The summed E-state index contributed by atoms with van der Waals surface area (Å²) in [4.78, 5) is 30.5. The first-order chi connectivity index (χ1) is 17.0. The van der Waals surface area contributed by atoms with Crippen LogP contribution in [0.15, 0.2) is 58.4 Å². The molecule has 1 heterocycles. The molecule has 1 aliphatic heterocycles. The van der Waals surface area contributed by atoms with E-state index in [-0.39, 0.29) is 24.0 Å². The highest BCUT2D eigenvalue weighted by Crippen LogP contribution is 2.31. The number of amides is 2. The molecule has 2 amide bonds. The van der Waals surface area contributed by atoms with Crippen molar-refractivity contribution < 1.29 is 18.0 Å². The van der Waals surface area contributed by atoms with Crippen molar-refractivity contribution in [3.8, 4) is 11.1 Å². The first-order valence-corrected chi connectivity index (χ1v) is 14.2. The SMILES string of the molecule is CCCC1=NC(C)(C)C(=O)N1N(C)C(=O)CCCCCS(=O)(=O)c1c(C)cccc1-c1ccccc1. The molecule has 2 aromatic carbocycles. The van der Waals surface area contributed by atoms with Gasteiger partial charge in [-0.2, -0.15) is 0 Å². The molecule has 0 spiro atoms. The third-order valence-corrected chi connectivity index (χ3v) is 8.40. The number of rotatable bonds is 11. The molecule has 0 bridgehead atoms. The van der Waals surface area contributed by atoms with Crippen molar-refractivity contribution >= 4 is 27.5 Å². The Kier molecular flexibility index (Phi) is 8.71. The maximum atomic E-state index is 13.3. The predicted octanol–water partition coefficient (Wildman–Crippen LogP) is 5.19. The third kappa shape index (κ3) is 6.03. The lowest BCUT2D eigenvalue weighted by Gasteiger charge is -2.30. The number of unbranched alkanes of at least 4 members (excludes halogenated alkanes) is 2. The minimum absolute atomic E-state index is 0.0216. The zero-order chi connectivity index (χ0) is 26.5. The molecule has 0 N–H and O–H groups in total. The number of amidine groups is 1. The Labute approximate surface area is 215 Å². The number of aliphatic imine (C=N–C) groups is 1. The van der Waals surface area contributed by atoms with Gasteiger partial charge in [0.15, 0.2) is 9.84 Å². The molecule has 8 heteroatoms. The molecular weight excluding hydrogens is 474 g/mol. The third-order valence-electron chi connectivity index (χ3n) is 6.41. The Hall–Kier alpha value is -3.00. The van der Waals surface area contributed by atoms with Crippen molar-refractivity contribution in [3.05, 3.63) is 54.1 Å². The van der Waals surface area contributed by atoms with E-state index in [9.17, 15) is 18.0 Å². The van der Waals surface area contributed by atoms with Crippen LogP contribution in [0, 0.1) is 6.92 Å². The second-order valence-electron chi connectivity index (χ2n) is 9.82. The lowest BCUT2D eigenvalue weighted by molar-refractivity contribution is -0.153. The molecular formula is C28H37N3O4S. The van der Waals surface area contributed by atoms with Gasteiger partial charge in [0.1, 0.15) is 11.4 Å². The standard InChI is InChI=1S/C28H37N3O4S/c1-6-14-24-29-28(3,4)27(33)31(24)30(5)25(32)19-11-8-12-20-36(34,35)26-21(2)15-13-18-23(26)22-16-9-7-10-17-22/h7,9-10,13,15-18H,6,8,11-12,14,19-20H2,1-5H3. The first kappa shape index (κ1) is 27.6. The Bertz CT molecular complexity index is 1240. The molecule has 3 rings (SSSR count). The van der Waals surface area contributed by atoms with E-state index < -0.39 is 15.4 Å². The fourth-order valence-corrected chi connectivity index (χ4v) is 6.39. The van der Waals surface area contributed by atoms with Crippen LogP contribution in [-0.4, -0.2) is 54.4 Å².